The van der Waals surface area contributed by atoms with Crippen LogP contribution in [0.25, 0.3) is 11.0 Å². The Labute approximate surface area is 172 Å². The van der Waals surface area contributed by atoms with E-state index in [9.17, 15) is 9.00 Å². The largest absolute Gasteiger partial charge is 0.463 e. The van der Waals surface area contributed by atoms with Gasteiger partial charge in [0.1, 0.15) is 11.8 Å². The Bertz CT molecular complexity index is 1090. The quantitative estimate of drug-likeness (QED) is 0.643. The topological polar surface area (TPSA) is 76.5 Å². The first-order valence-corrected chi connectivity index (χ1v) is 12.6. The fourth-order valence-corrected chi connectivity index (χ4v) is 4.95. The second-order valence-electron chi connectivity index (χ2n) is 8.20. The van der Waals surface area contributed by atoms with Gasteiger partial charge < -0.3 is 15.1 Å². The highest BCUT2D eigenvalue weighted by Gasteiger charge is 2.27. The number of amides is 1. The Hall–Kier alpha value is -2.44. The molecule has 0 saturated carbocycles. The molecular weight excluding hydrogens is 384 g/mol. The molecule has 0 atom stereocenters. The van der Waals surface area contributed by atoms with Crippen LogP contribution in [0.3, 0.4) is 0 Å². The van der Waals surface area contributed by atoms with Crippen LogP contribution in [-0.4, -0.2) is 40.6 Å². The number of fused-ring (bicyclic) bond motifs is 1. The van der Waals surface area contributed by atoms with Crippen molar-refractivity contribution in [1.82, 2.24) is 4.90 Å². The number of piperidine rings is 1. The van der Waals surface area contributed by atoms with Gasteiger partial charge >= 0.3 is 0 Å². The molecule has 2 aromatic carbocycles. The molecule has 2 heterocycles. The molecule has 0 bridgehead atoms. The number of carbonyl (C=O) groups is 1. The van der Waals surface area contributed by atoms with Crippen molar-refractivity contribution in [3.05, 3.63) is 65.4 Å². The van der Waals surface area contributed by atoms with E-state index in [1.165, 1.54) is 11.8 Å². The van der Waals surface area contributed by atoms with Crippen molar-refractivity contribution in [2.24, 2.45) is 5.73 Å². The van der Waals surface area contributed by atoms with Gasteiger partial charge in [0.15, 0.2) is 0 Å². The van der Waals surface area contributed by atoms with Crippen molar-refractivity contribution >= 4 is 26.8 Å². The maximum absolute atomic E-state index is 13.2. The predicted octanol–water partition coefficient (Wildman–Crippen LogP) is 3.55. The SMILES string of the molecule is C[SH](C)(=O)c1ccc2occ(C(=O)N3CCC(c4cccc(CN)c4)CC3)c2c1. The lowest BCUT2D eigenvalue weighted by atomic mass is 9.88. The molecular formula is C23H28N2O3S. The molecule has 0 radical (unpaired) electrons. The molecule has 1 fully saturated rings. The van der Waals surface area contributed by atoms with Gasteiger partial charge in [0.25, 0.3) is 5.91 Å². The van der Waals surface area contributed by atoms with Gasteiger partial charge in [-0.1, -0.05) is 34.2 Å². The lowest BCUT2D eigenvalue weighted by molar-refractivity contribution is 0.0714. The summed E-state index contributed by atoms with van der Waals surface area (Å²) < 4.78 is 18.0. The van der Waals surface area contributed by atoms with Gasteiger partial charge in [-0.2, -0.15) is 0 Å². The van der Waals surface area contributed by atoms with E-state index < -0.39 is 9.93 Å². The third-order valence-electron chi connectivity index (χ3n) is 5.85. The molecule has 0 spiro atoms. The summed E-state index contributed by atoms with van der Waals surface area (Å²) in [7, 11) is -2.40. The highest BCUT2D eigenvalue weighted by molar-refractivity contribution is 8.01. The maximum Gasteiger partial charge on any atom is 0.257 e. The number of likely N-dealkylation sites (tertiary alicyclic amines) is 1. The Morgan fingerprint density at radius 1 is 1.17 bits per heavy atom. The van der Waals surface area contributed by atoms with Crippen LogP contribution in [0.4, 0.5) is 0 Å². The molecule has 5 nitrogen and oxygen atoms in total. The number of hydrogen-bond donors (Lipinski definition) is 2. The second-order valence-corrected chi connectivity index (χ2v) is 11.4. The number of carbonyl (C=O) groups excluding carboxylic acids is 1. The molecule has 1 aliphatic rings. The standard InChI is InChI=1S/C23H28N2O3S/c1-29(2,27)19-6-7-22-20(13-19)21(15-28-22)23(26)25-10-8-17(9-11-25)18-5-3-4-16(12-18)14-24/h3-7,12-13,15,17,29H,8-11,14,24H2,1-2H3. The molecule has 0 unspecified atom stereocenters. The van der Waals surface area contributed by atoms with Gasteiger partial charge in [-0.3, -0.25) is 9.00 Å². The first kappa shape index (κ1) is 19.9. The van der Waals surface area contributed by atoms with E-state index in [0.29, 0.717) is 36.7 Å². The predicted molar refractivity (Wildman–Crippen MR) is 118 cm³/mol. The summed E-state index contributed by atoms with van der Waals surface area (Å²) in [6.45, 7) is 1.97. The minimum atomic E-state index is -2.40. The molecule has 6 heteroatoms. The van der Waals surface area contributed by atoms with Gasteiger partial charge in [0.05, 0.1) is 5.56 Å². The van der Waals surface area contributed by atoms with Gasteiger partial charge in [0, 0.05) is 29.9 Å². The zero-order chi connectivity index (χ0) is 20.6. The van der Waals surface area contributed by atoms with Crippen LogP contribution in [0.5, 0.6) is 0 Å². The van der Waals surface area contributed by atoms with Crippen molar-refractivity contribution < 1.29 is 13.4 Å². The van der Waals surface area contributed by atoms with Gasteiger partial charge in [-0.15, -0.1) is 0 Å². The molecule has 154 valence electrons. The van der Waals surface area contributed by atoms with E-state index in [0.717, 1.165) is 28.7 Å². The zero-order valence-electron chi connectivity index (χ0n) is 16.9. The summed E-state index contributed by atoms with van der Waals surface area (Å²) in [4.78, 5) is 15.8. The number of nitrogens with zero attached hydrogens (tertiary/aromatic N) is 1. The summed E-state index contributed by atoms with van der Waals surface area (Å²) in [5.74, 6) is 0.432. The number of benzene rings is 2. The number of thiol groups is 1. The third-order valence-corrected chi connectivity index (χ3v) is 7.37. The molecule has 1 amide bonds. The highest BCUT2D eigenvalue weighted by atomic mass is 32.2. The summed E-state index contributed by atoms with van der Waals surface area (Å²) in [6, 6.07) is 13.9. The van der Waals surface area contributed by atoms with Gasteiger partial charge in [-0.25, -0.2) is 0 Å². The average Bonchev–Trinajstić information content (AvgIpc) is 3.16. The van der Waals surface area contributed by atoms with Crippen molar-refractivity contribution in [1.29, 1.82) is 0 Å². The molecule has 2 N–H and O–H groups in total. The van der Waals surface area contributed by atoms with E-state index in [2.05, 4.69) is 18.2 Å². The Morgan fingerprint density at radius 3 is 2.62 bits per heavy atom. The number of nitrogens with two attached hydrogens (primary N) is 1. The Balaban J connectivity index is 1.52. The van der Waals surface area contributed by atoms with E-state index >= 15 is 0 Å². The minimum absolute atomic E-state index is 0.0166. The fourth-order valence-electron chi connectivity index (χ4n) is 4.08. The summed E-state index contributed by atoms with van der Waals surface area (Å²) >= 11 is 0. The molecule has 1 aromatic heterocycles. The van der Waals surface area contributed by atoms with Crippen LogP contribution in [0.15, 0.2) is 58.0 Å². The van der Waals surface area contributed by atoms with Crippen LogP contribution >= 0.6 is 0 Å². The molecule has 4 rings (SSSR count). The lowest BCUT2D eigenvalue weighted by Crippen LogP contribution is -2.37. The van der Waals surface area contributed by atoms with Crippen LogP contribution in [0, 0.1) is 0 Å². The zero-order valence-corrected chi connectivity index (χ0v) is 17.8. The number of furan rings is 1. The third kappa shape index (κ3) is 4.00. The van der Waals surface area contributed by atoms with Gasteiger partial charge in [-0.05, 0) is 60.6 Å². The van der Waals surface area contributed by atoms with E-state index in [1.54, 1.807) is 18.6 Å². The van der Waals surface area contributed by atoms with Crippen molar-refractivity contribution in [3.63, 3.8) is 0 Å². The molecule has 29 heavy (non-hydrogen) atoms. The number of rotatable bonds is 4. The highest BCUT2D eigenvalue weighted by Crippen LogP contribution is 2.31. The van der Waals surface area contributed by atoms with Gasteiger partial charge in [0.2, 0.25) is 0 Å². The van der Waals surface area contributed by atoms with Crippen molar-refractivity contribution in [2.75, 3.05) is 25.6 Å². The molecule has 3 aromatic rings. The fraction of sp³-hybridized carbons (Fsp3) is 0.348. The monoisotopic (exact) mass is 412 g/mol. The molecule has 1 saturated heterocycles. The number of hydrogen-bond acceptors (Lipinski definition) is 4. The van der Waals surface area contributed by atoms with E-state index in [-0.39, 0.29) is 5.91 Å². The van der Waals surface area contributed by atoms with E-state index in [1.807, 2.05) is 23.1 Å². The Morgan fingerprint density at radius 2 is 1.93 bits per heavy atom. The first-order chi connectivity index (χ1) is 13.9. The smallest absolute Gasteiger partial charge is 0.257 e. The Kier molecular flexibility index (Phi) is 5.32. The lowest BCUT2D eigenvalue weighted by Gasteiger charge is -2.32. The first-order valence-electron chi connectivity index (χ1n) is 10.0. The van der Waals surface area contributed by atoms with E-state index in [4.69, 9.17) is 10.2 Å². The van der Waals surface area contributed by atoms with Crippen LogP contribution in [0.2, 0.25) is 0 Å². The van der Waals surface area contributed by atoms with Crippen LogP contribution in [-0.2, 0) is 16.5 Å². The maximum atomic E-state index is 13.2. The van der Waals surface area contributed by atoms with Crippen LogP contribution < -0.4 is 5.73 Å². The normalized spacial score (nSPS) is 16.3. The summed E-state index contributed by atoms with van der Waals surface area (Å²) in [5.41, 5.74) is 9.42. The average molecular weight is 413 g/mol. The second kappa shape index (κ2) is 7.76. The summed E-state index contributed by atoms with van der Waals surface area (Å²) in [5, 5.41) is 0.745. The molecule has 0 aliphatic carbocycles. The van der Waals surface area contributed by atoms with Crippen LogP contribution in [0.1, 0.15) is 40.2 Å². The molecule has 1 aliphatic heterocycles. The van der Waals surface area contributed by atoms with Crippen molar-refractivity contribution in [2.45, 2.75) is 30.2 Å². The summed E-state index contributed by atoms with van der Waals surface area (Å²) in [6.07, 6.45) is 6.87. The van der Waals surface area contributed by atoms with Crippen molar-refractivity contribution in [3.8, 4) is 0 Å². The minimum Gasteiger partial charge on any atom is -0.463 e.